The standard InChI is InChI=1S/C11H9ClN4O/c12-9-4-3-8(17-9)10-14-11-7(6-13)2-1-5-16(11)15-10/h1-5H,6,13H2. The molecule has 17 heavy (non-hydrogen) atoms. The number of aromatic nitrogens is 3. The van der Waals surface area contributed by atoms with Crippen LogP contribution in [0.4, 0.5) is 0 Å². The van der Waals surface area contributed by atoms with E-state index in [9.17, 15) is 0 Å². The number of nitrogens with two attached hydrogens (primary N) is 1. The van der Waals surface area contributed by atoms with E-state index in [0.29, 0.717) is 23.3 Å². The van der Waals surface area contributed by atoms with Gasteiger partial charge in [-0.1, -0.05) is 6.07 Å². The summed E-state index contributed by atoms with van der Waals surface area (Å²) in [5.41, 5.74) is 7.31. The second kappa shape index (κ2) is 3.87. The zero-order valence-electron chi connectivity index (χ0n) is 8.80. The molecule has 0 saturated heterocycles. The fourth-order valence-electron chi connectivity index (χ4n) is 1.66. The molecule has 86 valence electrons. The first-order valence-electron chi connectivity index (χ1n) is 5.08. The minimum absolute atomic E-state index is 0.318. The van der Waals surface area contributed by atoms with Gasteiger partial charge in [0.25, 0.3) is 0 Å². The van der Waals surface area contributed by atoms with Crippen LogP contribution < -0.4 is 5.73 Å². The van der Waals surface area contributed by atoms with E-state index in [1.165, 1.54) is 0 Å². The summed E-state index contributed by atoms with van der Waals surface area (Å²) in [6.07, 6.45) is 1.82. The van der Waals surface area contributed by atoms with Crippen molar-refractivity contribution in [2.24, 2.45) is 5.73 Å². The summed E-state index contributed by atoms with van der Waals surface area (Å²) >= 11 is 5.72. The van der Waals surface area contributed by atoms with Crippen LogP contribution in [0.25, 0.3) is 17.2 Å². The van der Waals surface area contributed by atoms with E-state index in [1.807, 2.05) is 18.3 Å². The number of furan rings is 1. The van der Waals surface area contributed by atoms with Crippen LogP contribution in [0.5, 0.6) is 0 Å². The summed E-state index contributed by atoms with van der Waals surface area (Å²) in [6.45, 7) is 0.418. The predicted octanol–water partition coefficient (Wildman–Crippen LogP) is 2.10. The normalized spacial score (nSPS) is 11.2. The highest BCUT2D eigenvalue weighted by Crippen LogP contribution is 2.22. The summed E-state index contributed by atoms with van der Waals surface area (Å²) < 4.78 is 6.94. The zero-order valence-corrected chi connectivity index (χ0v) is 9.55. The highest BCUT2D eigenvalue weighted by molar-refractivity contribution is 6.28. The van der Waals surface area contributed by atoms with Crippen molar-refractivity contribution in [3.05, 3.63) is 41.2 Å². The van der Waals surface area contributed by atoms with Gasteiger partial charge < -0.3 is 10.2 Å². The first-order chi connectivity index (χ1) is 8.28. The quantitative estimate of drug-likeness (QED) is 0.754. The summed E-state index contributed by atoms with van der Waals surface area (Å²) in [5, 5.41) is 4.62. The molecule has 0 spiro atoms. The summed E-state index contributed by atoms with van der Waals surface area (Å²) in [7, 11) is 0. The number of nitrogens with zero attached hydrogens (tertiary/aromatic N) is 3. The fraction of sp³-hybridized carbons (Fsp3) is 0.0909. The van der Waals surface area contributed by atoms with Gasteiger partial charge in [-0.2, -0.15) is 0 Å². The Bertz CT molecular complexity index is 673. The topological polar surface area (TPSA) is 69.3 Å². The lowest BCUT2D eigenvalue weighted by atomic mass is 10.3. The highest BCUT2D eigenvalue weighted by Gasteiger charge is 2.11. The Morgan fingerprint density at radius 2 is 2.24 bits per heavy atom. The van der Waals surface area contributed by atoms with E-state index in [4.69, 9.17) is 21.8 Å². The second-order valence-corrected chi connectivity index (χ2v) is 3.92. The van der Waals surface area contributed by atoms with Gasteiger partial charge in [0.05, 0.1) is 0 Å². The molecule has 3 aromatic heterocycles. The van der Waals surface area contributed by atoms with Crippen LogP contribution in [0.3, 0.4) is 0 Å². The molecule has 0 bridgehead atoms. The number of rotatable bonds is 2. The van der Waals surface area contributed by atoms with E-state index in [1.54, 1.807) is 16.6 Å². The van der Waals surface area contributed by atoms with Gasteiger partial charge in [0.1, 0.15) is 0 Å². The Balaban J connectivity index is 2.19. The second-order valence-electron chi connectivity index (χ2n) is 3.54. The minimum Gasteiger partial charge on any atom is -0.441 e. The van der Waals surface area contributed by atoms with Crippen molar-refractivity contribution in [3.63, 3.8) is 0 Å². The lowest BCUT2D eigenvalue weighted by molar-refractivity contribution is 0.579. The van der Waals surface area contributed by atoms with Crippen molar-refractivity contribution >= 4 is 17.2 Å². The van der Waals surface area contributed by atoms with Crippen LogP contribution in [0.2, 0.25) is 5.22 Å². The third kappa shape index (κ3) is 1.69. The Morgan fingerprint density at radius 3 is 2.94 bits per heavy atom. The third-order valence-corrected chi connectivity index (χ3v) is 2.66. The van der Waals surface area contributed by atoms with Crippen LogP contribution >= 0.6 is 11.6 Å². The molecule has 0 fully saturated rings. The van der Waals surface area contributed by atoms with Gasteiger partial charge in [0, 0.05) is 18.3 Å². The molecule has 0 radical (unpaired) electrons. The van der Waals surface area contributed by atoms with Crippen LogP contribution in [0.15, 0.2) is 34.9 Å². The van der Waals surface area contributed by atoms with Crippen molar-refractivity contribution in [1.82, 2.24) is 14.6 Å². The smallest absolute Gasteiger partial charge is 0.217 e. The molecule has 0 aromatic carbocycles. The molecule has 3 aromatic rings. The fourth-order valence-corrected chi connectivity index (χ4v) is 1.81. The molecule has 0 unspecified atom stereocenters. The molecule has 6 heteroatoms. The first-order valence-corrected chi connectivity index (χ1v) is 5.46. The average molecular weight is 249 g/mol. The Morgan fingerprint density at radius 1 is 1.35 bits per heavy atom. The van der Waals surface area contributed by atoms with Gasteiger partial charge in [-0.25, -0.2) is 9.50 Å². The maximum Gasteiger partial charge on any atom is 0.217 e. The molecular formula is C11H9ClN4O. The largest absolute Gasteiger partial charge is 0.441 e. The van der Waals surface area contributed by atoms with Gasteiger partial charge in [-0.05, 0) is 29.8 Å². The molecule has 5 nitrogen and oxygen atoms in total. The third-order valence-electron chi connectivity index (χ3n) is 2.46. The zero-order chi connectivity index (χ0) is 11.8. The van der Waals surface area contributed by atoms with Gasteiger partial charge in [0.2, 0.25) is 5.82 Å². The molecule has 0 saturated carbocycles. The number of fused-ring (bicyclic) bond motifs is 1. The molecule has 0 aliphatic carbocycles. The van der Waals surface area contributed by atoms with Crippen molar-refractivity contribution in [2.75, 3.05) is 0 Å². The van der Waals surface area contributed by atoms with Crippen LogP contribution in [0, 0.1) is 0 Å². The van der Waals surface area contributed by atoms with Crippen molar-refractivity contribution in [3.8, 4) is 11.6 Å². The molecule has 0 amide bonds. The number of pyridine rings is 1. The number of hydrogen-bond donors (Lipinski definition) is 1. The van der Waals surface area contributed by atoms with Crippen molar-refractivity contribution in [2.45, 2.75) is 6.54 Å². The predicted molar refractivity (Wildman–Crippen MR) is 63.6 cm³/mol. The van der Waals surface area contributed by atoms with E-state index < -0.39 is 0 Å². The van der Waals surface area contributed by atoms with E-state index >= 15 is 0 Å². The van der Waals surface area contributed by atoms with E-state index in [0.717, 1.165) is 11.2 Å². The molecule has 0 atom stereocenters. The van der Waals surface area contributed by atoms with Gasteiger partial charge in [-0.3, -0.25) is 0 Å². The molecular weight excluding hydrogens is 240 g/mol. The Labute approximate surface area is 102 Å². The van der Waals surface area contributed by atoms with Crippen molar-refractivity contribution in [1.29, 1.82) is 0 Å². The number of halogens is 1. The summed E-state index contributed by atoms with van der Waals surface area (Å²) in [4.78, 5) is 4.39. The van der Waals surface area contributed by atoms with Crippen molar-refractivity contribution < 1.29 is 4.42 Å². The highest BCUT2D eigenvalue weighted by atomic mass is 35.5. The van der Waals surface area contributed by atoms with Gasteiger partial charge in [-0.15, -0.1) is 5.10 Å². The van der Waals surface area contributed by atoms with E-state index in [2.05, 4.69) is 10.1 Å². The SMILES string of the molecule is NCc1cccn2nc(-c3ccc(Cl)o3)nc12. The monoisotopic (exact) mass is 248 g/mol. The summed E-state index contributed by atoms with van der Waals surface area (Å²) in [6, 6.07) is 7.19. The number of hydrogen-bond acceptors (Lipinski definition) is 4. The lowest BCUT2D eigenvalue weighted by Gasteiger charge is -1.96. The van der Waals surface area contributed by atoms with E-state index in [-0.39, 0.29) is 0 Å². The first kappa shape index (κ1) is 10.3. The Hall–Kier alpha value is -1.85. The Kier molecular flexibility index (Phi) is 2.35. The minimum atomic E-state index is 0.318. The van der Waals surface area contributed by atoms with Gasteiger partial charge in [0.15, 0.2) is 16.6 Å². The molecule has 3 heterocycles. The maximum absolute atomic E-state index is 5.72. The average Bonchev–Trinajstić information content (AvgIpc) is 2.93. The van der Waals surface area contributed by atoms with Crippen LogP contribution in [-0.2, 0) is 6.54 Å². The molecule has 0 aliphatic rings. The summed E-state index contributed by atoms with van der Waals surface area (Å²) in [5.74, 6) is 1.04. The lowest BCUT2D eigenvalue weighted by Crippen LogP contribution is -1.99. The molecule has 0 aliphatic heterocycles. The molecule has 2 N–H and O–H groups in total. The maximum atomic E-state index is 5.72. The molecule has 3 rings (SSSR count). The van der Waals surface area contributed by atoms with Gasteiger partial charge >= 0.3 is 0 Å². The van der Waals surface area contributed by atoms with Crippen LogP contribution in [0.1, 0.15) is 5.56 Å². The van der Waals surface area contributed by atoms with Crippen LogP contribution in [-0.4, -0.2) is 14.6 Å².